The number of hydrogen-bond donors (Lipinski definition) is 2. The Balaban J connectivity index is 2.02. The molecule has 0 aliphatic rings. The first kappa shape index (κ1) is 14.1. The third kappa shape index (κ3) is 2.39. The van der Waals surface area contributed by atoms with E-state index in [-0.39, 0.29) is 18.0 Å². The van der Waals surface area contributed by atoms with Gasteiger partial charge in [-0.1, -0.05) is 0 Å². The molecule has 0 aliphatic carbocycles. The third-order valence-electron chi connectivity index (χ3n) is 3.55. The molecule has 6 heteroatoms. The normalized spacial score (nSPS) is 12.4. The van der Waals surface area contributed by atoms with Gasteiger partial charge in [0.25, 0.3) is 0 Å². The van der Waals surface area contributed by atoms with Crippen LogP contribution in [0.25, 0.3) is 22.0 Å². The number of benzene rings is 1. The zero-order valence-corrected chi connectivity index (χ0v) is 11.4. The average molecular weight is 301 g/mol. The van der Waals surface area contributed by atoms with Crippen molar-refractivity contribution < 1.29 is 23.5 Å². The Morgan fingerprint density at radius 3 is 2.95 bits per heavy atom. The van der Waals surface area contributed by atoms with Crippen molar-refractivity contribution in [3.05, 3.63) is 48.3 Å². The fourth-order valence-corrected chi connectivity index (χ4v) is 2.45. The molecule has 0 fully saturated rings. The molecule has 5 nitrogen and oxygen atoms in total. The van der Waals surface area contributed by atoms with Crippen LogP contribution in [0.3, 0.4) is 0 Å². The molecule has 3 rings (SSSR count). The lowest BCUT2D eigenvalue weighted by Crippen LogP contribution is -2.11. The van der Waals surface area contributed by atoms with Gasteiger partial charge in [-0.3, -0.25) is 4.79 Å². The molecule has 2 heterocycles. The molecule has 0 aliphatic heterocycles. The highest BCUT2D eigenvalue weighted by Crippen LogP contribution is 2.32. The molecule has 2 N–H and O–H groups in total. The van der Waals surface area contributed by atoms with Gasteiger partial charge in [0, 0.05) is 34.6 Å². The van der Waals surface area contributed by atoms with Crippen LogP contribution in [-0.4, -0.2) is 22.3 Å². The number of hydrogen-bond acceptors (Lipinski definition) is 3. The van der Waals surface area contributed by atoms with E-state index < -0.39 is 11.9 Å². The molecular weight excluding hydrogens is 289 g/mol. The van der Waals surface area contributed by atoms with Crippen LogP contribution < -0.4 is 0 Å². The van der Waals surface area contributed by atoms with Crippen LogP contribution in [-0.2, 0) is 9.59 Å². The maximum atomic E-state index is 13.2. The number of fused-ring (bicyclic) bond motifs is 1. The monoisotopic (exact) mass is 301 g/mol. The second kappa shape index (κ2) is 5.48. The van der Waals surface area contributed by atoms with Crippen LogP contribution in [0.4, 0.5) is 4.39 Å². The molecule has 2 aromatic heterocycles. The molecule has 1 atom stereocenters. The van der Waals surface area contributed by atoms with Crippen molar-refractivity contribution >= 4 is 23.2 Å². The van der Waals surface area contributed by atoms with Crippen LogP contribution in [0.5, 0.6) is 0 Å². The van der Waals surface area contributed by atoms with Gasteiger partial charge in [-0.25, -0.2) is 4.39 Å². The molecule has 0 amide bonds. The predicted molar refractivity (Wildman–Crippen MR) is 77.0 cm³/mol. The van der Waals surface area contributed by atoms with Crippen LogP contribution in [0.2, 0.25) is 0 Å². The molecule has 0 radical (unpaired) electrons. The van der Waals surface area contributed by atoms with E-state index in [1.807, 2.05) is 0 Å². The molecule has 0 saturated heterocycles. The number of H-pyrrole nitrogens is 1. The topological polar surface area (TPSA) is 83.3 Å². The van der Waals surface area contributed by atoms with Crippen molar-refractivity contribution in [1.82, 2.24) is 4.98 Å². The third-order valence-corrected chi connectivity index (χ3v) is 3.55. The van der Waals surface area contributed by atoms with E-state index in [1.54, 1.807) is 18.3 Å². The lowest BCUT2D eigenvalue weighted by Gasteiger charge is -2.03. The summed E-state index contributed by atoms with van der Waals surface area (Å²) >= 11 is 0. The van der Waals surface area contributed by atoms with Crippen molar-refractivity contribution in [1.29, 1.82) is 0 Å². The largest absolute Gasteiger partial charge is 0.481 e. The minimum atomic E-state index is -1.12. The van der Waals surface area contributed by atoms with E-state index in [0.29, 0.717) is 17.4 Å². The van der Waals surface area contributed by atoms with Gasteiger partial charge >= 0.3 is 5.97 Å². The Morgan fingerprint density at radius 1 is 1.41 bits per heavy atom. The molecule has 112 valence electrons. The van der Waals surface area contributed by atoms with E-state index in [0.717, 1.165) is 10.9 Å². The van der Waals surface area contributed by atoms with Gasteiger partial charge < -0.3 is 19.3 Å². The number of aliphatic carboxylic acids is 1. The predicted octanol–water partition coefficient (Wildman–Crippen LogP) is 3.32. The van der Waals surface area contributed by atoms with Gasteiger partial charge in [-0.2, -0.15) is 0 Å². The molecule has 1 unspecified atom stereocenters. The summed E-state index contributed by atoms with van der Waals surface area (Å²) in [5.74, 6) is -2.25. The molecule has 0 bridgehead atoms. The van der Waals surface area contributed by atoms with E-state index in [9.17, 15) is 14.0 Å². The number of nitrogens with one attached hydrogen (secondary N) is 1. The van der Waals surface area contributed by atoms with Crippen molar-refractivity contribution in [3.8, 4) is 11.1 Å². The number of carbonyl (C=O) groups is 2. The number of furan rings is 1. The molecule has 1 aromatic carbocycles. The Labute approximate surface area is 124 Å². The Bertz CT molecular complexity index is 849. The highest BCUT2D eigenvalue weighted by molar-refractivity contribution is 5.95. The van der Waals surface area contributed by atoms with Crippen molar-refractivity contribution in [2.24, 2.45) is 0 Å². The molecular formula is C16H12FNO4. The summed E-state index contributed by atoms with van der Waals surface area (Å²) in [4.78, 5) is 24.7. The number of rotatable bonds is 5. The first-order valence-corrected chi connectivity index (χ1v) is 6.62. The first-order valence-electron chi connectivity index (χ1n) is 6.62. The minimum absolute atomic E-state index is 0.151. The van der Waals surface area contributed by atoms with E-state index in [1.165, 1.54) is 18.4 Å². The van der Waals surface area contributed by atoms with Crippen LogP contribution in [0.15, 0.2) is 41.1 Å². The van der Waals surface area contributed by atoms with E-state index in [4.69, 9.17) is 9.52 Å². The fraction of sp³-hybridized carbons (Fsp3) is 0.125. The van der Waals surface area contributed by atoms with Gasteiger partial charge in [0.15, 0.2) is 0 Å². The highest BCUT2D eigenvalue weighted by atomic mass is 19.1. The van der Waals surface area contributed by atoms with Gasteiger partial charge in [0.05, 0.1) is 6.26 Å². The lowest BCUT2D eigenvalue weighted by atomic mass is 10.0. The number of carboxylic acids is 1. The lowest BCUT2D eigenvalue weighted by molar-refractivity contribution is -0.140. The summed E-state index contributed by atoms with van der Waals surface area (Å²) in [6, 6.07) is 5.97. The fourth-order valence-electron chi connectivity index (χ4n) is 2.45. The number of aromatic amines is 1. The average Bonchev–Trinajstić information content (AvgIpc) is 3.10. The maximum absolute atomic E-state index is 13.2. The molecule has 3 aromatic rings. The Morgan fingerprint density at radius 2 is 2.23 bits per heavy atom. The summed E-state index contributed by atoms with van der Waals surface area (Å²) in [6.07, 6.45) is 3.53. The maximum Gasteiger partial charge on any atom is 0.314 e. The van der Waals surface area contributed by atoms with Crippen molar-refractivity contribution in [3.63, 3.8) is 0 Å². The second-order valence-corrected chi connectivity index (χ2v) is 4.92. The van der Waals surface area contributed by atoms with Crippen molar-refractivity contribution in [2.45, 2.75) is 12.3 Å². The van der Waals surface area contributed by atoms with Crippen LogP contribution in [0, 0.1) is 5.82 Å². The number of aromatic nitrogens is 1. The summed E-state index contributed by atoms with van der Waals surface area (Å²) in [6.45, 7) is 0. The zero-order valence-electron chi connectivity index (χ0n) is 11.4. The number of aldehydes is 1. The quantitative estimate of drug-likeness (QED) is 0.708. The highest BCUT2D eigenvalue weighted by Gasteiger charge is 2.23. The number of carboxylic acid groups (broad SMARTS) is 1. The van der Waals surface area contributed by atoms with Gasteiger partial charge in [-0.05, 0) is 24.3 Å². The zero-order chi connectivity index (χ0) is 15.7. The molecule has 0 spiro atoms. The summed E-state index contributed by atoms with van der Waals surface area (Å²) in [5.41, 5.74) is 2.09. The van der Waals surface area contributed by atoms with Gasteiger partial charge in [-0.15, -0.1) is 0 Å². The molecule has 22 heavy (non-hydrogen) atoms. The van der Waals surface area contributed by atoms with Gasteiger partial charge in [0.2, 0.25) is 0 Å². The Hall–Kier alpha value is -2.89. The number of halogens is 1. The second-order valence-electron chi connectivity index (χ2n) is 4.92. The van der Waals surface area contributed by atoms with E-state index >= 15 is 0 Å². The summed E-state index contributed by atoms with van der Waals surface area (Å²) < 4.78 is 18.5. The summed E-state index contributed by atoms with van der Waals surface area (Å²) in [7, 11) is 0. The van der Waals surface area contributed by atoms with E-state index in [2.05, 4.69) is 4.98 Å². The SMILES string of the molecule is O=CCC(C(=O)O)c1cc(-c2c[nH]c3cc(F)ccc23)co1. The smallest absolute Gasteiger partial charge is 0.314 e. The number of carbonyl (C=O) groups excluding carboxylic acids is 1. The standard InChI is InChI=1S/C16H12FNO4/c17-10-1-2-11-13(7-18-14(11)6-10)9-5-15(22-8-9)12(3-4-19)16(20)21/h1-2,4-8,12,18H,3H2,(H,20,21). The van der Waals surface area contributed by atoms with Crippen LogP contribution >= 0.6 is 0 Å². The summed E-state index contributed by atoms with van der Waals surface area (Å²) in [5, 5.41) is 9.94. The van der Waals surface area contributed by atoms with Gasteiger partial charge in [0.1, 0.15) is 23.8 Å². The first-order chi connectivity index (χ1) is 10.6. The molecule has 0 saturated carbocycles. The van der Waals surface area contributed by atoms with Crippen LogP contribution in [0.1, 0.15) is 18.1 Å². The minimum Gasteiger partial charge on any atom is -0.481 e. The Kier molecular flexibility index (Phi) is 3.50. The van der Waals surface area contributed by atoms with Crippen molar-refractivity contribution in [2.75, 3.05) is 0 Å².